The molecule has 180 valence electrons. The Kier molecular flexibility index (Phi) is 6.77. The lowest BCUT2D eigenvalue weighted by Crippen LogP contribution is -2.23. The monoisotopic (exact) mass is 475 g/mol. The van der Waals surface area contributed by atoms with E-state index in [0.29, 0.717) is 41.2 Å². The topological polar surface area (TPSA) is 124 Å². The molecule has 0 fully saturated rings. The first-order valence-electron chi connectivity index (χ1n) is 11.2. The van der Waals surface area contributed by atoms with E-state index in [1.54, 1.807) is 19.1 Å². The van der Waals surface area contributed by atoms with Crippen LogP contribution in [0.4, 0.5) is 5.69 Å². The first kappa shape index (κ1) is 23.9. The SMILES string of the molecule is Cc1cc(C)cc(OC(=O)c2oc3c(c2C)/C(=N/NC(=O)Cc2ccc([N+](=O)[O-])cc2)CCC3)c1. The lowest BCUT2D eigenvalue weighted by molar-refractivity contribution is -0.384. The summed E-state index contributed by atoms with van der Waals surface area (Å²) in [6.07, 6.45) is 2.07. The second-order valence-corrected chi connectivity index (χ2v) is 8.61. The molecule has 1 aromatic heterocycles. The number of non-ortho nitro benzene ring substituents is 1. The lowest BCUT2D eigenvalue weighted by Gasteiger charge is -2.13. The molecule has 3 aromatic rings. The summed E-state index contributed by atoms with van der Waals surface area (Å²) in [5.41, 5.74) is 7.11. The van der Waals surface area contributed by atoms with Gasteiger partial charge < -0.3 is 9.15 Å². The standard InChI is InChI=1S/C26H25N3O6/c1-15-11-16(2)13-20(12-15)34-26(31)25-17(3)24-21(5-4-6-22(24)35-25)27-28-23(30)14-18-7-9-19(10-8-18)29(32)33/h7-13H,4-6,14H2,1-3H3,(H,28,30)/b27-21+. The van der Waals surface area contributed by atoms with Gasteiger partial charge in [-0.3, -0.25) is 14.9 Å². The molecular formula is C26H25N3O6. The first-order valence-corrected chi connectivity index (χ1v) is 11.2. The van der Waals surface area contributed by atoms with Crippen molar-refractivity contribution in [1.82, 2.24) is 5.43 Å². The molecule has 4 rings (SSSR count). The van der Waals surface area contributed by atoms with E-state index < -0.39 is 10.9 Å². The number of aryl methyl sites for hydroxylation is 3. The van der Waals surface area contributed by atoms with Gasteiger partial charge in [-0.15, -0.1) is 0 Å². The van der Waals surface area contributed by atoms with Crippen LogP contribution in [0.2, 0.25) is 0 Å². The van der Waals surface area contributed by atoms with E-state index in [1.165, 1.54) is 24.3 Å². The highest BCUT2D eigenvalue weighted by atomic mass is 16.6. The van der Waals surface area contributed by atoms with Gasteiger partial charge in [0.1, 0.15) is 11.5 Å². The molecule has 9 heteroatoms. The van der Waals surface area contributed by atoms with Gasteiger partial charge in [-0.1, -0.05) is 18.2 Å². The third kappa shape index (κ3) is 5.46. The lowest BCUT2D eigenvalue weighted by atomic mass is 9.93. The summed E-state index contributed by atoms with van der Waals surface area (Å²) in [6, 6.07) is 11.4. The number of carbonyl (C=O) groups excluding carboxylic acids is 2. The number of furan rings is 1. The van der Waals surface area contributed by atoms with E-state index in [2.05, 4.69) is 10.5 Å². The average Bonchev–Trinajstić information content (AvgIpc) is 3.14. The van der Waals surface area contributed by atoms with E-state index in [0.717, 1.165) is 23.1 Å². The van der Waals surface area contributed by atoms with Crippen LogP contribution in [0.15, 0.2) is 52.0 Å². The van der Waals surface area contributed by atoms with Crippen LogP contribution < -0.4 is 10.2 Å². The van der Waals surface area contributed by atoms with Crippen molar-refractivity contribution in [2.75, 3.05) is 0 Å². The Balaban J connectivity index is 1.48. The molecule has 0 atom stereocenters. The summed E-state index contributed by atoms with van der Waals surface area (Å²) in [7, 11) is 0. The normalized spacial score (nSPS) is 13.9. The van der Waals surface area contributed by atoms with Gasteiger partial charge in [0, 0.05) is 29.7 Å². The number of carbonyl (C=O) groups is 2. The molecule has 0 unspecified atom stereocenters. The van der Waals surface area contributed by atoms with Gasteiger partial charge >= 0.3 is 5.97 Å². The van der Waals surface area contributed by atoms with Crippen molar-refractivity contribution >= 4 is 23.3 Å². The quantitative estimate of drug-likeness (QED) is 0.238. The number of fused-ring (bicyclic) bond motifs is 1. The molecule has 1 N–H and O–H groups in total. The summed E-state index contributed by atoms with van der Waals surface area (Å²) >= 11 is 0. The van der Waals surface area contributed by atoms with Crippen LogP contribution in [0.25, 0.3) is 0 Å². The Morgan fingerprint density at radius 3 is 2.43 bits per heavy atom. The van der Waals surface area contributed by atoms with Crippen LogP contribution in [-0.2, 0) is 17.6 Å². The molecule has 0 radical (unpaired) electrons. The zero-order valence-electron chi connectivity index (χ0n) is 19.7. The van der Waals surface area contributed by atoms with E-state index >= 15 is 0 Å². The molecule has 0 saturated heterocycles. The maximum Gasteiger partial charge on any atom is 0.379 e. The molecule has 0 spiro atoms. The van der Waals surface area contributed by atoms with Gasteiger partial charge in [0.05, 0.1) is 17.1 Å². The molecule has 1 amide bonds. The van der Waals surface area contributed by atoms with Gasteiger partial charge in [0.25, 0.3) is 5.69 Å². The molecule has 9 nitrogen and oxygen atoms in total. The Morgan fingerprint density at radius 2 is 1.77 bits per heavy atom. The minimum absolute atomic E-state index is 0.0273. The Labute approximate surface area is 201 Å². The van der Waals surface area contributed by atoms with Crippen LogP contribution in [-0.4, -0.2) is 22.5 Å². The average molecular weight is 476 g/mol. The number of esters is 1. The molecule has 35 heavy (non-hydrogen) atoms. The van der Waals surface area contributed by atoms with Crippen molar-refractivity contribution < 1.29 is 23.7 Å². The van der Waals surface area contributed by atoms with Crippen molar-refractivity contribution in [3.63, 3.8) is 0 Å². The second-order valence-electron chi connectivity index (χ2n) is 8.61. The van der Waals surface area contributed by atoms with E-state index in [4.69, 9.17) is 9.15 Å². The van der Waals surface area contributed by atoms with Crippen molar-refractivity contribution in [3.05, 3.63) is 91.9 Å². The predicted octanol–water partition coefficient (Wildman–Crippen LogP) is 4.73. The summed E-state index contributed by atoms with van der Waals surface area (Å²) < 4.78 is 11.4. The maximum atomic E-state index is 12.8. The van der Waals surface area contributed by atoms with Crippen LogP contribution in [0, 0.1) is 30.9 Å². The number of nitrogens with one attached hydrogen (secondary N) is 1. The van der Waals surface area contributed by atoms with Gasteiger partial charge in [0.2, 0.25) is 11.7 Å². The van der Waals surface area contributed by atoms with Crippen LogP contribution >= 0.6 is 0 Å². The van der Waals surface area contributed by atoms with Gasteiger partial charge in [-0.05, 0) is 62.4 Å². The number of hydrogen-bond donors (Lipinski definition) is 1. The van der Waals surface area contributed by atoms with Gasteiger partial charge in [-0.25, -0.2) is 10.2 Å². The van der Waals surface area contributed by atoms with Crippen molar-refractivity contribution in [2.45, 2.75) is 46.5 Å². The number of nitro benzene ring substituents is 1. The summed E-state index contributed by atoms with van der Waals surface area (Å²) in [5, 5.41) is 15.1. The summed E-state index contributed by atoms with van der Waals surface area (Å²) in [5.74, 6) is 0.289. The molecule has 1 aliphatic rings. The van der Waals surface area contributed by atoms with E-state index in [9.17, 15) is 19.7 Å². The smallest absolute Gasteiger partial charge is 0.379 e. The maximum absolute atomic E-state index is 12.8. The number of rotatable bonds is 6. The third-order valence-corrected chi connectivity index (χ3v) is 5.74. The van der Waals surface area contributed by atoms with Crippen LogP contribution in [0.5, 0.6) is 5.75 Å². The van der Waals surface area contributed by atoms with Crippen LogP contribution in [0.3, 0.4) is 0 Å². The molecule has 0 saturated carbocycles. The Bertz CT molecular complexity index is 1320. The number of hydrogen-bond acceptors (Lipinski definition) is 7. The minimum Gasteiger partial charge on any atom is -0.453 e. The van der Waals surface area contributed by atoms with Crippen LogP contribution in [0.1, 0.15) is 57.0 Å². The van der Waals surface area contributed by atoms with Gasteiger partial charge in [0.15, 0.2) is 0 Å². The number of hydrazone groups is 1. The molecule has 1 aliphatic carbocycles. The van der Waals surface area contributed by atoms with E-state index in [-0.39, 0.29) is 23.8 Å². The fourth-order valence-corrected chi connectivity index (χ4v) is 4.21. The summed E-state index contributed by atoms with van der Waals surface area (Å²) in [4.78, 5) is 35.5. The zero-order chi connectivity index (χ0) is 25.1. The molecule has 2 aromatic carbocycles. The third-order valence-electron chi connectivity index (χ3n) is 5.74. The van der Waals surface area contributed by atoms with Crippen molar-refractivity contribution in [2.24, 2.45) is 5.10 Å². The Morgan fingerprint density at radius 1 is 1.09 bits per heavy atom. The molecule has 0 aliphatic heterocycles. The highest BCUT2D eigenvalue weighted by Crippen LogP contribution is 2.31. The fourth-order valence-electron chi connectivity index (χ4n) is 4.21. The molecule has 1 heterocycles. The second kappa shape index (κ2) is 9.92. The number of amides is 1. The number of benzene rings is 2. The minimum atomic E-state index is -0.580. The highest BCUT2D eigenvalue weighted by Gasteiger charge is 2.29. The van der Waals surface area contributed by atoms with Crippen molar-refractivity contribution in [3.8, 4) is 5.75 Å². The molecule has 0 bridgehead atoms. The fraction of sp³-hybridized carbons (Fsp3) is 0.269. The Hall–Kier alpha value is -4.27. The number of nitro groups is 1. The van der Waals surface area contributed by atoms with Crippen molar-refractivity contribution in [1.29, 1.82) is 0 Å². The number of ether oxygens (including phenoxy) is 1. The van der Waals surface area contributed by atoms with Gasteiger partial charge in [-0.2, -0.15) is 5.10 Å². The number of nitrogens with zero attached hydrogens (tertiary/aromatic N) is 2. The first-order chi connectivity index (χ1) is 16.7. The molecular weight excluding hydrogens is 450 g/mol. The largest absolute Gasteiger partial charge is 0.453 e. The highest BCUT2D eigenvalue weighted by molar-refractivity contribution is 6.06. The predicted molar refractivity (Wildman–Crippen MR) is 129 cm³/mol. The zero-order valence-corrected chi connectivity index (χ0v) is 19.7. The summed E-state index contributed by atoms with van der Waals surface area (Å²) in [6.45, 7) is 5.64. The van der Waals surface area contributed by atoms with E-state index in [1.807, 2.05) is 19.9 Å².